The van der Waals surface area contributed by atoms with E-state index in [0.29, 0.717) is 0 Å². The summed E-state index contributed by atoms with van der Waals surface area (Å²) in [6.45, 7) is -2.60. The first kappa shape index (κ1) is 75.9. The Morgan fingerprint density at radius 2 is 0.859 bits per heavy atom. The molecule has 7 aliphatic rings. The second kappa shape index (κ2) is 32.3. The highest BCUT2D eigenvalue weighted by Gasteiger charge is 2.62. The van der Waals surface area contributed by atoms with Crippen LogP contribution in [0.3, 0.4) is 0 Å². The first-order valence-electron chi connectivity index (χ1n) is 29.1. The summed E-state index contributed by atoms with van der Waals surface area (Å²) in [4.78, 5) is 51.2. The summed E-state index contributed by atoms with van der Waals surface area (Å²) in [5.74, 6) is -8.06. The number of hydrogen-bond donors (Lipinski definition) is 24. The van der Waals surface area contributed by atoms with Crippen molar-refractivity contribution in [1.82, 2.24) is 16.0 Å². The minimum absolute atomic E-state index is 0.844. The smallest absolute Gasteiger partial charge is 0.364 e. The van der Waals surface area contributed by atoms with Crippen LogP contribution in [0.1, 0.15) is 34.1 Å². The highest BCUT2D eigenvalue weighted by Crippen LogP contribution is 2.41. The number of aliphatic hydroxyl groups excluding tert-OH is 20. The van der Waals surface area contributed by atoms with Crippen molar-refractivity contribution in [2.45, 2.75) is 254 Å². The van der Waals surface area contributed by atoms with Gasteiger partial charge < -0.3 is 185 Å². The van der Waals surface area contributed by atoms with Crippen LogP contribution in [0.15, 0.2) is 0 Å². The number of amides is 3. The number of carbonyl (C=O) groups is 4. The number of nitrogens with one attached hydrogen (secondary N) is 3. The van der Waals surface area contributed by atoms with E-state index in [9.17, 15) is 126 Å². The number of hydrogen-bond acceptors (Lipinski definition) is 37. The van der Waals surface area contributed by atoms with E-state index in [1.807, 2.05) is 0 Å². The molecule has 41 heteroatoms. The quantitative estimate of drug-likeness (QED) is 0.0427. The molecule has 0 spiro atoms. The molecule has 532 valence electrons. The molecule has 36 atom stereocenters. The number of ether oxygens (including phenoxy) is 13. The minimum Gasteiger partial charge on any atom is -0.477 e. The molecule has 0 aromatic rings. The molecule has 1 unspecified atom stereocenters. The topological polar surface area (TPSA) is 649 Å². The van der Waals surface area contributed by atoms with Gasteiger partial charge in [-0.05, 0) is 6.92 Å². The van der Waals surface area contributed by atoms with E-state index in [0.717, 1.165) is 20.8 Å². The lowest BCUT2D eigenvalue weighted by atomic mass is 9.88. The van der Waals surface area contributed by atoms with Gasteiger partial charge in [0.15, 0.2) is 37.7 Å². The van der Waals surface area contributed by atoms with Crippen LogP contribution in [0.25, 0.3) is 0 Å². The molecule has 92 heavy (non-hydrogen) atoms. The molecule has 7 rings (SSSR count). The first-order chi connectivity index (χ1) is 43.3. The molecule has 24 N–H and O–H groups in total. The fourth-order valence-electron chi connectivity index (χ4n) is 11.8. The van der Waals surface area contributed by atoms with Crippen molar-refractivity contribution >= 4 is 23.7 Å². The van der Waals surface area contributed by atoms with Gasteiger partial charge in [0.2, 0.25) is 17.7 Å². The van der Waals surface area contributed by atoms with Crippen LogP contribution in [-0.4, -0.2) is 391 Å². The SMILES string of the molecule is CC(=O)N[C@H]1[C@H](O[C@H]2[C@@H](O)[C@@H](CO)O[C@@H](O[C@H]3[C@H](O[C@@H]4O[C@@H](C)[C@@H](O)[C@@H](O)[C@@H]4O)[C@@H](NC(C)=O)[C@H](O[C@H]4[C@@H](O)[C@@H](CO)OC(O)[C@@H]4O)O[C@@H]3CO)[C@@H]2O)O[C@H](CO)[C@@H](O[C@@H]2O[C@H](CO)[C@H](O)[C@H](O[C@]3(C(=O)O)C[C@H](O)[C@@H](NC(C)=O)[C@H]([C@H](O)[C@H](O)CO)O3)[C@H]2O)[C@@H]1O. The van der Waals surface area contributed by atoms with Crippen LogP contribution in [0.5, 0.6) is 0 Å². The Hall–Kier alpha value is -3.44. The summed E-state index contributed by atoms with van der Waals surface area (Å²) in [7, 11) is 0. The van der Waals surface area contributed by atoms with Gasteiger partial charge in [0.1, 0.15) is 159 Å². The largest absolute Gasteiger partial charge is 0.477 e. The van der Waals surface area contributed by atoms with Gasteiger partial charge in [-0.1, -0.05) is 0 Å². The number of carbonyl (C=O) groups excluding carboxylic acids is 3. The summed E-state index contributed by atoms with van der Waals surface area (Å²) in [5, 5.41) is 236. The summed E-state index contributed by atoms with van der Waals surface area (Å²) in [5.41, 5.74) is 0. The first-order valence-corrected chi connectivity index (χ1v) is 29.1. The van der Waals surface area contributed by atoms with E-state index in [-0.39, 0.29) is 0 Å². The lowest BCUT2D eigenvalue weighted by Crippen LogP contribution is -2.72. The number of carboxylic acid groups (broad SMARTS) is 1. The van der Waals surface area contributed by atoms with E-state index >= 15 is 0 Å². The standard InChI is InChI=1S/C51H85N3O38/c1-12-26(66)32(72)33(73)47(80-12)88-40-25(54-15(4)63)46(89-41-28(68)18(7-56)81-44(77)34(41)74)85-22(11-60)38(40)87-48-35(75)42(29(69)19(8-57)82-48)90-45-24(53-14(3)62)31(71)37(21(10-59)84-45)86-49-36(76)43(30(70)20(9-58)83-49)92-51(50(78)79)5-16(64)23(52-13(2)61)39(91-51)27(67)17(65)6-55/h12,16-49,55-60,64-77H,5-11H2,1-4H3,(H,52,61)(H,53,62)(H,54,63)(H,78,79)/t12-,16-,17+,18+,19+,20+,21+,22+,23+,24+,25+,26+,27+,28-,29-,30-,31+,32+,33-,34+,35+,36+,37+,38+,39+,40+,41-,42-,43-,44?,45-,46-,47-,48-,49-,51-/m0/s1. The third-order valence-corrected chi connectivity index (χ3v) is 16.7. The molecular formula is C51H85N3O38. The van der Waals surface area contributed by atoms with Crippen molar-refractivity contribution in [1.29, 1.82) is 0 Å². The highest BCUT2D eigenvalue weighted by atomic mass is 16.8. The Labute approximate surface area is 520 Å². The Bertz CT molecular complexity index is 2400. The molecule has 0 saturated carbocycles. The van der Waals surface area contributed by atoms with Crippen LogP contribution < -0.4 is 16.0 Å². The molecule has 7 fully saturated rings. The van der Waals surface area contributed by atoms with Gasteiger partial charge in [-0.15, -0.1) is 0 Å². The van der Waals surface area contributed by atoms with Gasteiger partial charge in [0, 0.05) is 27.2 Å². The fourth-order valence-corrected chi connectivity index (χ4v) is 11.8. The van der Waals surface area contributed by atoms with Crippen molar-refractivity contribution in [3.8, 4) is 0 Å². The molecule has 7 heterocycles. The van der Waals surface area contributed by atoms with Gasteiger partial charge in [0.25, 0.3) is 5.79 Å². The molecule has 0 bridgehead atoms. The van der Waals surface area contributed by atoms with E-state index in [2.05, 4.69) is 16.0 Å². The monoisotopic (exact) mass is 1350 g/mol. The molecule has 3 amide bonds. The second-order valence-corrected chi connectivity index (χ2v) is 23.2. The van der Waals surface area contributed by atoms with Gasteiger partial charge in [0.05, 0.1) is 57.9 Å². The van der Waals surface area contributed by atoms with Gasteiger partial charge in [-0.25, -0.2) is 4.79 Å². The van der Waals surface area contributed by atoms with Gasteiger partial charge >= 0.3 is 5.97 Å². The maximum atomic E-state index is 13.1. The molecular weight excluding hydrogens is 1260 g/mol. The third-order valence-electron chi connectivity index (χ3n) is 16.7. The molecule has 0 radical (unpaired) electrons. The molecule has 7 aliphatic heterocycles. The lowest BCUT2D eigenvalue weighted by Gasteiger charge is -2.52. The minimum atomic E-state index is -3.24. The summed E-state index contributed by atoms with van der Waals surface area (Å²) in [6, 6.07) is -5.52. The van der Waals surface area contributed by atoms with Crippen molar-refractivity contribution in [3.05, 3.63) is 0 Å². The van der Waals surface area contributed by atoms with Crippen LogP contribution >= 0.6 is 0 Å². The average Bonchev–Trinajstić information content (AvgIpc) is 0.768. The predicted octanol–water partition coefficient (Wildman–Crippen LogP) is -15.6. The normalized spacial score (nSPS) is 47.6. The molecule has 7 saturated heterocycles. The molecule has 41 nitrogen and oxygen atoms in total. The summed E-state index contributed by atoms with van der Waals surface area (Å²) >= 11 is 0. The van der Waals surface area contributed by atoms with Gasteiger partial charge in [-0.2, -0.15) is 0 Å². The predicted molar refractivity (Wildman–Crippen MR) is 282 cm³/mol. The van der Waals surface area contributed by atoms with E-state index < -0.39 is 290 Å². The zero-order valence-electron chi connectivity index (χ0n) is 49.5. The van der Waals surface area contributed by atoms with Crippen LogP contribution in [-0.2, 0) is 80.8 Å². The van der Waals surface area contributed by atoms with E-state index in [1.54, 1.807) is 0 Å². The van der Waals surface area contributed by atoms with Crippen molar-refractivity contribution < 1.29 is 188 Å². The molecule has 0 aromatic heterocycles. The Morgan fingerprint density at radius 1 is 0.446 bits per heavy atom. The second-order valence-electron chi connectivity index (χ2n) is 23.2. The van der Waals surface area contributed by atoms with E-state index in [1.165, 1.54) is 6.92 Å². The number of rotatable bonds is 24. The number of aliphatic carboxylic acids is 1. The van der Waals surface area contributed by atoms with Gasteiger partial charge in [-0.3, -0.25) is 14.4 Å². The van der Waals surface area contributed by atoms with E-state index in [4.69, 9.17) is 61.6 Å². The Morgan fingerprint density at radius 3 is 1.37 bits per heavy atom. The number of carboxylic acids is 1. The third kappa shape index (κ3) is 16.2. The maximum absolute atomic E-state index is 13.1. The zero-order valence-corrected chi connectivity index (χ0v) is 49.5. The fraction of sp³-hybridized carbons (Fsp3) is 0.922. The average molecular weight is 1350 g/mol. The highest BCUT2D eigenvalue weighted by molar-refractivity contribution is 5.77. The van der Waals surface area contributed by atoms with Crippen molar-refractivity contribution in [3.63, 3.8) is 0 Å². The zero-order chi connectivity index (χ0) is 68.3. The van der Waals surface area contributed by atoms with Crippen LogP contribution in [0.2, 0.25) is 0 Å². The molecule has 0 aromatic carbocycles. The van der Waals surface area contributed by atoms with Crippen molar-refractivity contribution in [2.75, 3.05) is 39.6 Å². The van der Waals surface area contributed by atoms with Crippen molar-refractivity contribution in [2.24, 2.45) is 0 Å². The van der Waals surface area contributed by atoms with Crippen LogP contribution in [0, 0.1) is 0 Å². The maximum Gasteiger partial charge on any atom is 0.364 e. The number of aliphatic hydroxyl groups is 20. The Balaban J connectivity index is 1.17. The summed E-state index contributed by atoms with van der Waals surface area (Å²) in [6.07, 6.45) is -66.9. The lowest BCUT2D eigenvalue weighted by molar-refractivity contribution is -0.395. The van der Waals surface area contributed by atoms with Crippen LogP contribution in [0.4, 0.5) is 0 Å². The Kier molecular flexibility index (Phi) is 26.6. The molecule has 0 aliphatic carbocycles. The summed E-state index contributed by atoms with van der Waals surface area (Å²) < 4.78 is 75.8.